The van der Waals surface area contributed by atoms with Crippen molar-refractivity contribution < 1.29 is 14.6 Å². The molecule has 2 N–H and O–H groups in total. The molecule has 162 valence electrons. The number of carbonyl (C=O) groups is 1. The Balaban J connectivity index is 1.58. The highest BCUT2D eigenvalue weighted by molar-refractivity contribution is 6.30. The van der Waals surface area contributed by atoms with Gasteiger partial charge in [0.25, 0.3) is 5.56 Å². The number of nitrogens with zero attached hydrogens (tertiary/aromatic N) is 1. The summed E-state index contributed by atoms with van der Waals surface area (Å²) < 4.78 is 6.91. The fourth-order valence-electron chi connectivity index (χ4n) is 3.99. The number of esters is 1. The minimum atomic E-state index is -0.359. The lowest BCUT2D eigenvalue weighted by atomic mass is 9.99. The van der Waals surface area contributed by atoms with Crippen LogP contribution < -0.4 is 5.56 Å². The summed E-state index contributed by atoms with van der Waals surface area (Å²) in [6.45, 7) is 2.18. The number of aromatic amines is 1. The van der Waals surface area contributed by atoms with Gasteiger partial charge in [0.05, 0.1) is 16.9 Å². The number of rotatable bonds is 8. The summed E-state index contributed by atoms with van der Waals surface area (Å²) in [7, 11) is 0. The van der Waals surface area contributed by atoms with Gasteiger partial charge in [0.1, 0.15) is 11.9 Å². The van der Waals surface area contributed by atoms with Gasteiger partial charge in [-0.25, -0.2) is 9.48 Å². The Bertz CT molecular complexity index is 1160. The number of ether oxygens (including phenoxy) is 1. The van der Waals surface area contributed by atoms with Crippen LogP contribution in [0.2, 0.25) is 5.02 Å². The molecule has 2 aromatic carbocycles. The third-order valence-corrected chi connectivity index (χ3v) is 5.89. The number of hydrogen-bond donors (Lipinski definition) is 2. The molecule has 7 heteroatoms. The number of carbonyl (C=O) groups excluding carboxylic acids is 1. The van der Waals surface area contributed by atoms with Crippen LogP contribution in [-0.4, -0.2) is 20.9 Å². The summed E-state index contributed by atoms with van der Waals surface area (Å²) in [5.74, 6) is -0.347. The SMILES string of the molecule is CCCCCCCC1OC(=O)c2cc(-n3[nH]c(-c4cc(Cl)ccc4O)cc3=O)ccc21. The van der Waals surface area contributed by atoms with Gasteiger partial charge in [-0.3, -0.25) is 9.89 Å². The molecule has 1 aliphatic heterocycles. The molecule has 6 nitrogen and oxygen atoms in total. The molecule has 0 saturated carbocycles. The van der Waals surface area contributed by atoms with Gasteiger partial charge in [0.15, 0.2) is 0 Å². The third kappa shape index (κ3) is 4.39. The van der Waals surface area contributed by atoms with E-state index in [1.807, 2.05) is 6.07 Å². The molecule has 1 atom stereocenters. The van der Waals surface area contributed by atoms with Gasteiger partial charge < -0.3 is 9.84 Å². The molecule has 0 amide bonds. The van der Waals surface area contributed by atoms with Crippen molar-refractivity contribution in [2.45, 2.75) is 51.6 Å². The number of unbranched alkanes of at least 4 members (excludes halogenated alkanes) is 4. The standard InChI is InChI=1S/C24H25ClN2O4/c1-2-3-4-5-6-7-22-17-10-9-16(13-18(17)24(30)31-22)27-23(29)14-20(26-27)19-12-15(25)8-11-21(19)28/h8-14,22,26,28H,2-7H2,1H3. The predicted molar refractivity (Wildman–Crippen MR) is 120 cm³/mol. The third-order valence-electron chi connectivity index (χ3n) is 5.65. The zero-order valence-corrected chi connectivity index (χ0v) is 18.1. The molecule has 0 bridgehead atoms. The van der Waals surface area contributed by atoms with Crippen LogP contribution in [0.5, 0.6) is 5.75 Å². The Hall–Kier alpha value is -2.99. The minimum absolute atomic E-state index is 0.0112. The van der Waals surface area contributed by atoms with Crippen molar-refractivity contribution in [3.63, 3.8) is 0 Å². The van der Waals surface area contributed by atoms with Crippen LogP contribution in [0.15, 0.2) is 47.3 Å². The number of halogens is 1. The summed E-state index contributed by atoms with van der Waals surface area (Å²) in [5, 5.41) is 13.6. The van der Waals surface area contributed by atoms with Crippen LogP contribution in [0.1, 0.15) is 67.5 Å². The summed E-state index contributed by atoms with van der Waals surface area (Å²) in [6, 6.07) is 11.3. The topological polar surface area (TPSA) is 84.3 Å². The average molecular weight is 441 g/mol. The summed E-state index contributed by atoms with van der Waals surface area (Å²) in [5.41, 5.74) is 2.43. The highest BCUT2D eigenvalue weighted by Crippen LogP contribution is 2.36. The second-order valence-corrected chi connectivity index (χ2v) is 8.31. The van der Waals surface area contributed by atoms with Gasteiger partial charge in [-0.05, 0) is 43.2 Å². The second kappa shape index (κ2) is 9.02. The van der Waals surface area contributed by atoms with Gasteiger partial charge in [-0.1, -0.05) is 50.3 Å². The number of phenolic OH excluding ortho intramolecular Hbond substituents is 1. The van der Waals surface area contributed by atoms with Crippen molar-refractivity contribution in [3.05, 3.63) is 69.0 Å². The van der Waals surface area contributed by atoms with Gasteiger partial charge in [0, 0.05) is 22.2 Å². The molecule has 0 radical (unpaired) electrons. The summed E-state index contributed by atoms with van der Waals surface area (Å²) >= 11 is 6.02. The maximum absolute atomic E-state index is 12.6. The van der Waals surface area contributed by atoms with Crippen molar-refractivity contribution in [3.8, 4) is 22.7 Å². The Morgan fingerprint density at radius 1 is 1.03 bits per heavy atom. The number of fused-ring (bicyclic) bond motifs is 1. The molecule has 4 rings (SSSR count). The van der Waals surface area contributed by atoms with Crippen molar-refractivity contribution in [1.82, 2.24) is 9.78 Å². The van der Waals surface area contributed by atoms with E-state index in [2.05, 4.69) is 12.0 Å². The molecule has 0 spiro atoms. The van der Waals surface area contributed by atoms with Crippen LogP contribution in [0.25, 0.3) is 16.9 Å². The van der Waals surface area contributed by atoms with E-state index in [4.69, 9.17) is 16.3 Å². The summed E-state index contributed by atoms with van der Waals surface area (Å²) in [4.78, 5) is 25.0. The molecule has 31 heavy (non-hydrogen) atoms. The quantitative estimate of drug-likeness (QED) is 0.344. The molecule has 0 fully saturated rings. The van der Waals surface area contributed by atoms with Crippen LogP contribution >= 0.6 is 11.6 Å². The van der Waals surface area contributed by atoms with Crippen LogP contribution in [0.3, 0.4) is 0 Å². The van der Waals surface area contributed by atoms with Gasteiger partial charge >= 0.3 is 5.97 Å². The number of cyclic esters (lactones) is 1. The normalized spacial score (nSPS) is 15.2. The minimum Gasteiger partial charge on any atom is -0.507 e. The van der Waals surface area contributed by atoms with E-state index in [1.54, 1.807) is 24.3 Å². The number of benzene rings is 2. The van der Waals surface area contributed by atoms with Gasteiger partial charge in [-0.2, -0.15) is 0 Å². The molecular formula is C24H25ClN2O4. The highest BCUT2D eigenvalue weighted by atomic mass is 35.5. The van der Waals surface area contributed by atoms with E-state index in [0.29, 0.717) is 27.5 Å². The molecule has 1 aliphatic rings. The first-order valence-electron chi connectivity index (χ1n) is 10.6. The molecule has 1 aromatic heterocycles. The van der Waals surface area contributed by atoms with E-state index in [-0.39, 0.29) is 23.4 Å². The zero-order valence-electron chi connectivity index (χ0n) is 17.4. The monoisotopic (exact) mass is 440 g/mol. The number of H-pyrrole nitrogens is 1. The number of hydrogen-bond acceptors (Lipinski definition) is 4. The molecule has 3 aromatic rings. The van der Waals surface area contributed by atoms with Gasteiger partial charge in [-0.15, -0.1) is 0 Å². The predicted octanol–water partition coefficient (Wildman–Crippen LogP) is 5.76. The number of aromatic hydroxyl groups is 1. The van der Waals surface area contributed by atoms with Crippen LogP contribution in [0, 0.1) is 0 Å². The largest absolute Gasteiger partial charge is 0.507 e. The van der Waals surface area contributed by atoms with Gasteiger partial charge in [0.2, 0.25) is 0 Å². The Labute approximate surface area is 185 Å². The van der Waals surface area contributed by atoms with E-state index in [9.17, 15) is 14.7 Å². The van der Waals surface area contributed by atoms with Crippen molar-refractivity contribution in [2.75, 3.05) is 0 Å². The van der Waals surface area contributed by atoms with Crippen LogP contribution in [-0.2, 0) is 4.74 Å². The molecule has 2 heterocycles. The molecule has 0 aliphatic carbocycles. The van der Waals surface area contributed by atoms with Crippen molar-refractivity contribution in [2.24, 2.45) is 0 Å². The lowest BCUT2D eigenvalue weighted by Crippen LogP contribution is -2.14. The lowest BCUT2D eigenvalue weighted by Gasteiger charge is -2.10. The second-order valence-electron chi connectivity index (χ2n) is 7.87. The fraction of sp³-hybridized carbons (Fsp3) is 0.333. The lowest BCUT2D eigenvalue weighted by molar-refractivity contribution is 0.0363. The number of nitrogens with one attached hydrogen (secondary N) is 1. The first kappa shape index (κ1) is 21.2. The van der Waals surface area contributed by atoms with E-state index in [1.165, 1.54) is 36.1 Å². The maximum atomic E-state index is 12.6. The highest BCUT2D eigenvalue weighted by Gasteiger charge is 2.31. The fourth-order valence-corrected chi connectivity index (χ4v) is 4.17. The Morgan fingerprint density at radius 3 is 2.65 bits per heavy atom. The maximum Gasteiger partial charge on any atom is 0.339 e. The first-order valence-corrected chi connectivity index (χ1v) is 11.0. The van der Waals surface area contributed by atoms with Crippen molar-refractivity contribution in [1.29, 1.82) is 0 Å². The zero-order chi connectivity index (χ0) is 22.0. The Kier molecular flexibility index (Phi) is 6.18. The number of phenols is 1. The molecular weight excluding hydrogens is 416 g/mol. The van der Waals surface area contributed by atoms with E-state index < -0.39 is 0 Å². The average Bonchev–Trinajstić information content (AvgIpc) is 3.29. The molecule has 0 saturated heterocycles. The van der Waals surface area contributed by atoms with Crippen LogP contribution in [0.4, 0.5) is 0 Å². The van der Waals surface area contributed by atoms with Crippen molar-refractivity contribution >= 4 is 17.6 Å². The molecule has 1 unspecified atom stereocenters. The van der Waals surface area contributed by atoms with E-state index in [0.717, 1.165) is 24.8 Å². The Morgan fingerprint density at radius 2 is 1.84 bits per heavy atom. The number of aromatic nitrogens is 2. The smallest absolute Gasteiger partial charge is 0.339 e. The van der Waals surface area contributed by atoms with E-state index >= 15 is 0 Å². The first-order chi connectivity index (χ1) is 15.0. The summed E-state index contributed by atoms with van der Waals surface area (Å²) in [6.07, 6.45) is 6.35.